The maximum absolute atomic E-state index is 12.1. The summed E-state index contributed by atoms with van der Waals surface area (Å²) >= 11 is 3.33. The van der Waals surface area contributed by atoms with Crippen LogP contribution in [0.1, 0.15) is 22.5 Å². The number of hydrogen-bond acceptors (Lipinski definition) is 3. The summed E-state index contributed by atoms with van der Waals surface area (Å²) in [6.45, 7) is 1.87. The Morgan fingerprint density at radius 3 is 2.80 bits per heavy atom. The van der Waals surface area contributed by atoms with Gasteiger partial charge in [-0.2, -0.15) is 0 Å². The van der Waals surface area contributed by atoms with Crippen LogP contribution in [-0.2, 0) is 0 Å². The predicted octanol–water partition coefficient (Wildman–Crippen LogP) is 3.20. The maximum Gasteiger partial charge on any atom is 0.263 e. The Morgan fingerprint density at radius 2 is 2.07 bits per heavy atom. The minimum Gasteiger partial charge on any atom is -0.338 e. The largest absolute Gasteiger partial charge is 0.338 e. The summed E-state index contributed by atoms with van der Waals surface area (Å²) in [5.74, 6) is 0.223. The summed E-state index contributed by atoms with van der Waals surface area (Å²) < 4.78 is 2.48. The van der Waals surface area contributed by atoms with Gasteiger partial charge in [0.05, 0.1) is 4.88 Å². The van der Waals surface area contributed by atoms with Gasteiger partial charge in [0.15, 0.2) is 0 Å². The lowest BCUT2D eigenvalue weighted by molar-refractivity contribution is 0.0797. The molecule has 15 heavy (non-hydrogen) atoms. The van der Waals surface area contributed by atoms with E-state index < -0.39 is 0 Å². The normalized spacial score (nSPS) is 16.4. The quantitative estimate of drug-likeness (QED) is 0.746. The molecule has 0 saturated carbocycles. The van der Waals surface area contributed by atoms with E-state index in [1.807, 2.05) is 11.0 Å². The number of hydrogen-bond donors (Lipinski definition) is 0. The van der Waals surface area contributed by atoms with Gasteiger partial charge in [0, 0.05) is 22.5 Å². The number of likely N-dealkylation sites (tertiary alicyclic amines) is 1. The van der Waals surface area contributed by atoms with Gasteiger partial charge in [-0.25, -0.2) is 0 Å². The third-order valence-electron chi connectivity index (χ3n) is 2.74. The van der Waals surface area contributed by atoms with E-state index >= 15 is 0 Å². The van der Waals surface area contributed by atoms with Crippen molar-refractivity contribution in [3.8, 4) is 0 Å². The van der Waals surface area contributed by atoms with E-state index in [0.29, 0.717) is 0 Å². The predicted molar refractivity (Wildman–Crippen MR) is 64.8 cm³/mol. The second-order valence-corrected chi connectivity index (χ2v) is 5.79. The standard InChI is InChI=1S/C11H11NOS2/c13-11(12-4-1-2-5-12)10-7-9-8(15-10)3-6-14-9/h3,6-7H,1-2,4-5H2. The van der Waals surface area contributed by atoms with E-state index in [0.717, 1.165) is 30.8 Å². The second-order valence-electron chi connectivity index (χ2n) is 3.76. The van der Waals surface area contributed by atoms with Gasteiger partial charge in [0.2, 0.25) is 0 Å². The van der Waals surface area contributed by atoms with Crippen LogP contribution < -0.4 is 0 Å². The van der Waals surface area contributed by atoms with Crippen molar-refractivity contribution in [2.75, 3.05) is 13.1 Å². The summed E-state index contributed by atoms with van der Waals surface area (Å²) in [4.78, 5) is 14.9. The first-order valence-electron chi connectivity index (χ1n) is 5.11. The zero-order chi connectivity index (χ0) is 10.3. The molecule has 0 bridgehead atoms. The van der Waals surface area contributed by atoms with Gasteiger partial charge in [-0.15, -0.1) is 22.7 Å². The topological polar surface area (TPSA) is 20.3 Å². The smallest absolute Gasteiger partial charge is 0.263 e. The molecule has 0 atom stereocenters. The molecule has 0 unspecified atom stereocenters. The molecule has 1 fully saturated rings. The highest BCUT2D eigenvalue weighted by molar-refractivity contribution is 7.27. The van der Waals surface area contributed by atoms with Crippen LogP contribution in [0.5, 0.6) is 0 Å². The lowest BCUT2D eigenvalue weighted by Gasteiger charge is -2.13. The highest BCUT2D eigenvalue weighted by Crippen LogP contribution is 2.31. The first kappa shape index (κ1) is 9.36. The van der Waals surface area contributed by atoms with E-state index in [2.05, 4.69) is 11.4 Å². The molecule has 3 rings (SSSR count). The highest BCUT2D eigenvalue weighted by Gasteiger charge is 2.21. The molecule has 2 aromatic rings. The molecular weight excluding hydrogens is 226 g/mol. The molecule has 0 N–H and O–H groups in total. The first-order valence-corrected chi connectivity index (χ1v) is 6.80. The molecule has 1 aliphatic heterocycles. The molecule has 0 spiro atoms. The van der Waals surface area contributed by atoms with Crippen molar-refractivity contribution in [3.63, 3.8) is 0 Å². The number of fused-ring (bicyclic) bond motifs is 1. The Kier molecular flexibility index (Phi) is 2.25. The van der Waals surface area contributed by atoms with Gasteiger partial charge in [0.1, 0.15) is 0 Å². The summed E-state index contributed by atoms with van der Waals surface area (Å²) in [5, 5.41) is 2.07. The number of amides is 1. The summed E-state index contributed by atoms with van der Waals surface area (Å²) in [7, 11) is 0. The van der Waals surface area contributed by atoms with Gasteiger partial charge in [-0.1, -0.05) is 0 Å². The van der Waals surface area contributed by atoms with Crippen molar-refractivity contribution < 1.29 is 4.79 Å². The van der Waals surface area contributed by atoms with Crippen LogP contribution in [0, 0.1) is 0 Å². The minimum atomic E-state index is 0.223. The van der Waals surface area contributed by atoms with Crippen molar-refractivity contribution in [2.45, 2.75) is 12.8 Å². The SMILES string of the molecule is O=C(c1cc2sccc2s1)N1CCCC1. The average molecular weight is 237 g/mol. The number of carbonyl (C=O) groups excluding carboxylic acids is 1. The number of thiophene rings is 2. The van der Waals surface area contributed by atoms with Gasteiger partial charge >= 0.3 is 0 Å². The van der Waals surface area contributed by atoms with E-state index in [9.17, 15) is 4.79 Å². The van der Waals surface area contributed by atoms with Crippen LogP contribution in [0.2, 0.25) is 0 Å². The van der Waals surface area contributed by atoms with Gasteiger partial charge < -0.3 is 4.90 Å². The highest BCUT2D eigenvalue weighted by atomic mass is 32.1. The molecule has 78 valence electrons. The van der Waals surface area contributed by atoms with Crippen molar-refractivity contribution in [2.24, 2.45) is 0 Å². The lowest BCUT2D eigenvalue weighted by Crippen LogP contribution is -2.26. The van der Waals surface area contributed by atoms with Crippen molar-refractivity contribution in [3.05, 3.63) is 22.4 Å². The molecule has 0 radical (unpaired) electrons. The Balaban J connectivity index is 1.92. The van der Waals surface area contributed by atoms with Crippen molar-refractivity contribution >= 4 is 38.0 Å². The second kappa shape index (κ2) is 3.61. The van der Waals surface area contributed by atoms with Gasteiger partial charge in [0.25, 0.3) is 5.91 Å². The molecule has 1 saturated heterocycles. The molecule has 1 amide bonds. The fourth-order valence-electron chi connectivity index (χ4n) is 1.95. The van der Waals surface area contributed by atoms with E-state index in [-0.39, 0.29) is 5.91 Å². The van der Waals surface area contributed by atoms with Crippen LogP contribution in [0.15, 0.2) is 17.5 Å². The molecule has 4 heteroatoms. The van der Waals surface area contributed by atoms with Gasteiger partial charge in [-0.05, 0) is 30.4 Å². The van der Waals surface area contributed by atoms with E-state index in [1.165, 1.54) is 9.40 Å². The van der Waals surface area contributed by atoms with Gasteiger partial charge in [-0.3, -0.25) is 4.79 Å². The summed E-state index contributed by atoms with van der Waals surface area (Å²) in [6.07, 6.45) is 2.32. The minimum absolute atomic E-state index is 0.223. The molecule has 1 aliphatic rings. The monoisotopic (exact) mass is 237 g/mol. The molecule has 3 heterocycles. The number of nitrogens with zero attached hydrogens (tertiary/aromatic N) is 1. The zero-order valence-electron chi connectivity index (χ0n) is 8.23. The zero-order valence-corrected chi connectivity index (χ0v) is 9.87. The fourth-order valence-corrected chi connectivity index (χ4v) is 4.02. The van der Waals surface area contributed by atoms with Crippen LogP contribution in [-0.4, -0.2) is 23.9 Å². The molecule has 2 aromatic heterocycles. The summed E-state index contributed by atoms with van der Waals surface area (Å²) in [5.41, 5.74) is 0. The third-order valence-corrected chi connectivity index (χ3v) is 4.82. The Hall–Kier alpha value is -0.870. The Bertz CT molecular complexity index is 465. The Morgan fingerprint density at radius 1 is 1.27 bits per heavy atom. The van der Waals surface area contributed by atoms with Crippen LogP contribution in [0.25, 0.3) is 9.40 Å². The maximum atomic E-state index is 12.1. The van der Waals surface area contributed by atoms with E-state index in [4.69, 9.17) is 0 Å². The number of rotatable bonds is 1. The van der Waals surface area contributed by atoms with Crippen LogP contribution >= 0.6 is 22.7 Å². The molecule has 2 nitrogen and oxygen atoms in total. The molecule has 0 aliphatic carbocycles. The average Bonchev–Trinajstić information content (AvgIpc) is 2.92. The third kappa shape index (κ3) is 1.58. The molecule has 0 aromatic carbocycles. The number of carbonyl (C=O) groups is 1. The summed E-state index contributed by atoms with van der Waals surface area (Å²) in [6, 6.07) is 4.12. The van der Waals surface area contributed by atoms with Crippen LogP contribution in [0.3, 0.4) is 0 Å². The molecular formula is C11H11NOS2. The Labute approximate surface area is 96.1 Å². The van der Waals surface area contributed by atoms with Crippen LogP contribution in [0.4, 0.5) is 0 Å². The van der Waals surface area contributed by atoms with Crippen molar-refractivity contribution in [1.29, 1.82) is 0 Å². The van der Waals surface area contributed by atoms with E-state index in [1.54, 1.807) is 22.7 Å². The lowest BCUT2D eigenvalue weighted by atomic mass is 10.4. The van der Waals surface area contributed by atoms with Crippen molar-refractivity contribution in [1.82, 2.24) is 4.90 Å². The fraction of sp³-hybridized carbons (Fsp3) is 0.364. The first-order chi connectivity index (χ1) is 7.34.